The number of sulfonamides is 1. The fourth-order valence-electron chi connectivity index (χ4n) is 4.55. The molecule has 0 heterocycles. The summed E-state index contributed by atoms with van der Waals surface area (Å²) in [6, 6.07) is 20.6. The van der Waals surface area contributed by atoms with E-state index in [0.29, 0.717) is 27.8 Å². The van der Waals surface area contributed by atoms with Crippen LogP contribution < -0.4 is 9.62 Å². The molecule has 0 saturated carbocycles. The molecule has 10 heteroatoms. The van der Waals surface area contributed by atoms with Crippen molar-refractivity contribution in [2.45, 2.75) is 59.0 Å². The lowest BCUT2D eigenvalue weighted by Crippen LogP contribution is -2.53. The molecule has 0 saturated heterocycles. The summed E-state index contributed by atoms with van der Waals surface area (Å²) < 4.78 is 27.1. The van der Waals surface area contributed by atoms with Gasteiger partial charge in [0.25, 0.3) is 0 Å². The second kappa shape index (κ2) is 14.6. The number of anilines is 1. The monoisotopic (exact) mass is 645 g/mol. The normalized spacial score (nSPS) is 12.6. The molecule has 0 aliphatic rings. The summed E-state index contributed by atoms with van der Waals surface area (Å²) in [7, 11) is -3.86. The molecule has 7 nitrogen and oxygen atoms in total. The molecule has 0 spiro atoms. The van der Waals surface area contributed by atoms with E-state index in [1.54, 1.807) is 30.3 Å². The highest BCUT2D eigenvalue weighted by Gasteiger charge is 2.33. The Balaban J connectivity index is 2.06. The van der Waals surface area contributed by atoms with Gasteiger partial charge in [-0.2, -0.15) is 0 Å². The molecule has 1 N–H and O–H groups in total. The summed E-state index contributed by atoms with van der Waals surface area (Å²) in [5.41, 5.74) is 2.77. The summed E-state index contributed by atoms with van der Waals surface area (Å²) in [5, 5.41) is 3.64. The summed E-state index contributed by atoms with van der Waals surface area (Å²) in [4.78, 5) is 29.4. The molecule has 0 bridgehead atoms. The zero-order valence-electron chi connectivity index (χ0n) is 25.6. The molecular formula is C33H41Cl2N3O4S. The molecule has 0 aromatic heterocycles. The van der Waals surface area contributed by atoms with Gasteiger partial charge in [-0.3, -0.25) is 13.9 Å². The van der Waals surface area contributed by atoms with E-state index in [1.165, 1.54) is 4.90 Å². The highest BCUT2D eigenvalue weighted by atomic mass is 35.5. The minimum absolute atomic E-state index is 0.0168. The Morgan fingerprint density at radius 2 is 1.51 bits per heavy atom. The van der Waals surface area contributed by atoms with Gasteiger partial charge in [0.1, 0.15) is 12.6 Å². The van der Waals surface area contributed by atoms with Crippen molar-refractivity contribution in [2.24, 2.45) is 5.92 Å². The Bertz CT molecular complexity index is 1510. The molecule has 2 amide bonds. The zero-order chi connectivity index (χ0) is 31.9. The predicted octanol–water partition coefficient (Wildman–Crippen LogP) is 6.47. The largest absolute Gasteiger partial charge is 0.354 e. The molecule has 0 aliphatic heterocycles. The summed E-state index contributed by atoms with van der Waals surface area (Å²) in [6.45, 7) is 10.1. The number of halogens is 2. The molecule has 0 radical (unpaired) electrons. The SMILES string of the molecule is CC(C)CNC(=O)[C@@H](Cc1ccccc1)N(Cc1ccc(Cl)c(Cl)c1)C(=O)CN(c1ccc(C(C)(C)C)cc1)S(C)(=O)=O. The average Bonchev–Trinajstić information content (AvgIpc) is 2.93. The van der Waals surface area contributed by atoms with Gasteiger partial charge in [0.2, 0.25) is 21.8 Å². The van der Waals surface area contributed by atoms with Crippen LogP contribution in [-0.2, 0) is 38.0 Å². The first kappa shape index (κ1) is 34.4. The molecule has 1 atom stereocenters. The standard InChI is InChI=1S/C33H41Cl2N3O4S/c1-23(2)20-36-32(40)30(19-24-10-8-7-9-11-24)37(21-25-12-17-28(34)29(35)18-25)31(39)22-38(43(6,41)42)27-15-13-26(14-16-27)33(3,4)5/h7-18,23,30H,19-22H2,1-6H3,(H,36,40)/t30-/m1/s1. The first-order chi connectivity index (χ1) is 20.1. The van der Waals surface area contributed by atoms with Crippen LogP contribution in [0.1, 0.15) is 51.3 Å². The number of hydrogen-bond acceptors (Lipinski definition) is 4. The van der Waals surface area contributed by atoms with E-state index in [0.717, 1.165) is 21.7 Å². The lowest BCUT2D eigenvalue weighted by molar-refractivity contribution is -0.140. The van der Waals surface area contributed by atoms with Gasteiger partial charge in [-0.05, 0) is 52.3 Å². The molecule has 43 heavy (non-hydrogen) atoms. The number of benzene rings is 3. The van der Waals surface area contributed by atoms with Crippen LogP contribution in [0.4, 0.5) is 5.69 Å². The molecule has 232 valence electrons. The molecular weight excluding hydrogens is 605 g/mol. The maximum absolute atomic E-state index is 14.2. The van der Waals surface area contributed by atoms with Crippen LogP contribution in [0.25, 0.3) is 0 Å². The van der Waals surface area contributed by atoms with Gasteiger partial charge < -0.3 is 10.2 Å². The quantitative estimate of drug-likeness (QED) is 0.245. The van der Waals surface area contributed by atoms with Gasteiger partial charge in [0.05, 0.1) is 22.0 Å². The second-order valence-corrected chi connectivity index (χ2v) is 14.9. The van der Waals surface area contributed by atoms with Gasteiger partial charge in [0, 0.05) is 19.5 Å². The molecule has 3 aromatic carbocycles. The molecule has 3 aromatic rings. The van der Waals surface area contributed by atoms with E-state index < -0.39 is 28.5 Å². The highest BCUT2D eigenvalue weighted by molar-refractivity contribution is 7.92. The molecule has 3 rings (SSSR count). The minimum Gasteiger partial charge on any atom is -0.354 e. The van der Waals surface area contributed by atoms with Crippen LogP contribution >= 0.6 is 23.2 Å². The summed E-state index contributed by atoms with van der Waals surface area (Å²) >= 11 is 12.4. The number of nitrogens with one attached hydrogen (secondary N) is 1. The van der Waals surface area contributed by atoms with Gasteiger partial charge in [-0.1, -0.05) is 106 Å². The van der Waals surface area contributed by atoms with Gasteiger partial charge >= 0.3 is 0 Å². The number of carbonyl (C=O) groups is 2. The first-order valence-corrected chi connectivity index (χ1v) is 16.8. The van der Waals surface area contributed by atoms with E-state index in [4.69, 9.17) is 23.2 Å². The number of hydrogen-bond donors (Lipinski definition) is 1. The Hall–Kier alpha value is -3.07. The van der Waals surface area contributed by atoms with Crippen LogP contribution in [0.3, 0.4) is 0 Å². The van der Waals surface area contributed by atoms with Crippen molar-refractivity contribution in [1.82, 2.24) is 10.2 Å². The van der Waals surface area contributed by atoms with Crippen LogP contribution in [0.15, 0.2) is 72.8 Å². The number of rotatable bonds is 12. The lowest BCUT2D eigenvalue weighted by Gasteiger charge is -2.34. The second-order valence-electron chi connectivity index (χ2n) is 12.2. The van der Waals surface area contributed by atoms with Gasteiger partial charge in [-0.25, -0.2) is 8.42 Å². The smallest absolute Gasteiger partial charge is 0.244 e. The minimum atomic E-state index is -3.86. The third-order valence-corrected chi connectivity index (χ3v) is 8.87. The van der Waals surface area contributed by atoms with Gasteiger partial charge in [-0.15, -0.1) is 0 Å². The van der Waals surface area contributed by atoms with Crippen molar-refractivity contribution in [3.8, 4) is 0 Å². The topological polar surface area (TPSA) is 86.8 Å². The van der Waals surface area contributed by atoms with Gasteiger partial charge in [0.15, 0.2) is 0 Å². The predicted molar refractivity (Wildman–Crippen MR) is 176 cm³/mol. The fraction of sp³-hybridized carbons (Fsp3) is 0.394. The van der Waals surface area contributed by atoms with Crippen LogP contribution in [-0.4, -0.2) is 50.5 Å². The Labute approximate surface area is 266 Å². The Morgan fingerprint density at radius 1 is 0.884 bits per heavy atom. The third-order valence-electron chi connectivity index (χ3n) is 6.99. The van der Waals surface area contributed by atoms with E-state index in [1.807, 2.05) is 56.3 Å². The maximum atomic E-state index is 14.2. The molecule has 0 unspecified atom stereocenters. The maximum Gasteiger partial charge on any atom is 0.244 e. The van der Waals surface area contributed by atoms with Crippen molar-refractivity contribution in [1.29, 1.82) is 0 Å². The zero-order valence-corrected chi connectivity index (χ0v) is 27.9. The summed E-state index contributed by atoms with van der Waals surface area (Å²) in [5.74, 6) is -0.666. The molecule has 0 fully saturated rings. The van der Waals surface area contributed by atoms with Crippen molar-refractivity contribution in [2.75, 3.05) is 23.7 Å². The van der Waals surface area contributed by atoms with Crippen molar-refractivity contribution >= 4 is 50.7 Å². The number of amides is 2. The summed E-state index contributed by atoms with van der Waals surface area (Å²) in [6.07, 6.45) is 1.30. The van der Waals surface area contributed by atoms with Crippen LogP contribution in [0.5, 0.6) is 0 Å². The first-order valence-electron chi connectivity index (χ1n) is 14.2. The molecule has 0 aliphatic carbocycles. The van der Waals surface area contributed by atoms with Crippen molar-refractivity contribution in [3.63, 3.8) is 0 Å². The highest BCUT2D eigenvalue weighted by Crippen LogP contribution is 2.27. The lowest BCUT2D eigenvalue weighted by atomic mass is 9.87. The van der Waals surface area contributed by atoms with E-state index >= 15 is 0 Å². The van der Waals surface area contributed by atoms with Crippen molar-refractivity contribution < 1.29 is 18.0 Å². The fourth-order valence-corrected chi connectivity index (χ4v) is 5.72. The van der Waals surface area contributed by atoms with E-state index in [9.17, 15) is 18.0 Å². The van der Waals surface area contributed by atoms with Crippen molar-refractivity contribution in [3.05, 3.63) is 99.5 Å². The van der Waals surface area contributed by atoms with Crippen LogP contribution in [0, 0.1) is 5.92 Å². The van der Waals surface area contributed by atoms with E-state index in [-0.39, 0.29) is 30.2 Å². The third kappa shape index (κ3) is 9.98. The Kier molecular flexibility index (Phi) is 11.7. The number of nitrogens with zero attached hydrogens (tertiary/aromatic N) is 2. The van der Waals surface area contributed by atoms with E-state index in [2.05, 4.69) is 26.1 Å². The van der Waals surface area contributed by atoms with Crippen LogP contribution in [0.2, 0.25) is 10.0 Å². The Morgan fingerprint density at radius 3 is 2.05 bits per heavy atom. The number of carbonyl (C=O) groups excluding carboxylic acids is 2. The average molecular weight is 647 g/mol.